The molecule has 2 aromatic carbocycles. The summed E-state index contributed by atoms with van der Waals surface area (Å²) in [6, 6.07) is 13.8. The van der Waals surface area contributed by atoms with Crippen LogP contribution >= 0.6 is 0 Å². The predicted octanol–water partition coefficient (Wildman–Crippen LogP) is 3.18. The van der Waals surface area contributed by atoms with Crippen molar-refractivity contribution in [2.24, 2.45) is 0 Å². The first-order valence-corrected chi connectivity index (χ1v) is 10.3. The van der Waals surface area contributed by atoms with Gasteiger partial charge < -0.3 is 9.47 Å². The molecule has 162 valence electrons. The fourth-order valence-electron chi connectivity index (χ4n) is 4.10. The lowest BCUT2D eigenvalue weighted by Crippen LogP contribution is -2.42. The van der Waals surface area contributed by atoms with Crippen LogP contribution in [0.25, 0.3) is 0 Å². The first-order chi connectivity index (χ1) is 15.0. The Morgan fingerprint density at radius 1 is 0.935 bits per heavy atom. The second kappa shape index (κ2) is 8.77. The molecule has 2 aliphatic rings. The highest BCUT2D eigenvalue weighted by atomic mass is 16.5. The molecule has 0 bridgehead atoms. The zero-order valence-electron chi connectivity index (χ0n) is 17.6. The van der Waals surface area contributed by atoms with Gasteiger partial charge in [0.2, 0.25) is 0 Å². The van der Waals surface area contributed by atoms with Crippen LogP contribution in [0.2, 0.25) is 0 Å². The summed E-state index contributed by atoms with van der Waals surface area (Å²) in [5, 5.41) is 0. The van der Waals surface area contributed by atoms with E-state index in [4.69, 9.17) is 9.47 Å². The lowest BCUT2D eigenvalue weighted by atomic mass is 10.0. The lowest BCUT2D eigenvalue weighted by molar-refractivity contribution is -0.140. The quantitative estimate of drug-likeness (QED) is 0.503. The second-order valence-corrected chi connectivity index (χ2v) is 7.47. The van der Waals surface area contributed by atoms with Crippen LogP contribution in [-0.2, 0) is 9.59 Å². The van der Waals surface area contributed by atoms with Gasteiger partial charge >= 0.3 is 17.8 Å². The topological polar surface area (TPSA) is 79.4 Å². The highest BCUT2D eigenvalue weighted by molar-refractivity contribution is 6.52. The Morgan fingerprint density at radius 3 is 2.26 bits per heavy atom. The van der Waals surface area contributed by atoms with Gasteiger partial charge in [0.25, 0.3) is 0 Å². The number of methoxy groups -OCH3 is 1. The van der Waals surface area contributed by atoms with E-state index < -0.39 is 17.8 Å². The first-order valence-electron chi connectivity index (χ1n) is 10.3. The van der Waals surface area contributed by atoms with Crippen molar-refractivity contribution in [2.45, 2.75) is 25.8 Å². The number of imide groups is 2. The van der Waals surface area contributed by atoms with Crippen LogP contribution in [0.3, 0.4) is 0 Å². The van der Waals surface area contributed by atoms with Crippen LogP contribution in [0.15, 0.2) is 48.5 Å². The van der Waals surface area contributed by atoms with E-state index >= 15 is 0 Å². The molecule has 0 saturated carbocycles. The number of rotatable bonds is 7. The van der Waals surface area contributed by atoms with Crippen LogP contribution in [0, 0.1) is 0 Å². The average Bonchev–Trinajstić information content (AvgIpc) is 3.33. The molecule has 0 radical (unpaired) electrons. The summed E-state index contributed by atoms with van der Waals surface area (Å²) in [6.45, 7) is 3.36. The van der Waals surface area contributed by atoms with Crippen molar-refractivity contribution in [3.63, 3.8) is 0 Å². The summed E-state index contributed by atoms with van der Waals surface area (Å²) < 4.78 is 10.6. The Morgan fingerprint density at radius 2 is 1.61 bits per heavy atom. The van der Waals surface area contributed by atoms with Gasteiger partial charge in [-0.05, 0) is 61.7 Å². The van der Waals surface area contributed by atoms with Gasteiger partial charge in [0.1, 0.15) is 11.5 Å². The van der Waals surface area contributed by atoms with Crippen molar-refractivity contribution in [3.8, 4) is 11.5 Å². The van der Waals surface area contributed by atoms with Crippen LogP contribution in [0.5, 0.6) is 11.5 Å². The van der Waals surface area contributed by atoms with E-state index in [1.807, 2.05) is 31.2 Å². The third kappa shape index (κ3) is 3.98. The fraction of sp³-hybridized carbons (Fsp3) is 0.348. The normalized spacial score (nSPS) is 19.4. The number of likely N-dealkylation sites (tertiary alicyclic amines) is 1. The van der Waals surface area contributed by atoms with Gasteiger partial charge in [-0.2, -0.15) is 0 Å². The molecule has 2 aromatic rings. The van der Waals surface area contributed by atoms with Crippen molar-refractivity contribution >= 4 is 23.5 Å². The van der Waals surface area contributed by atoms with Gasteiger partial charge in [-0.15, -0.1) is 0 Å². The maximum absolute atomic E-state index is 13.0. The molecule has 4 amide bonds. The fourth-order valence-corrected chi connectivity index (χ4v) is 4.10. The summed E-state index contributed by atoms with van der Waals surface area (Å²) >= 11 is 0. The number of urea groups is 1. The number of benzene rings is 2. The molecular weight excluding hydrogens is 398 g/mol. The van der Waals surface area contributed by atoms with Gasteiger partial charge in [-0.3, -0.25) is 14.5 Å². The van der Waals surface area contributed by atoms with Crippen LogP contribution in [0.1, 0.15) is 31.4 Å². The number of hydrogen-bond donors (Lipinski definition) is 0. The molecule has 2 aliphatic heterocycles. The number of carbonyl (C=O) groups excluding carboxylic acids is 3. The molecule has 0 N–H and O–H groups in total. The van der Waals surface area contributed by atoms with Gasteiger partial charge in [0.15, 0.2) is 0 Å². The van der Waals surface area contributed by atoms with Gasteiger partial charge in [-0.1, -0.05) is 12.1 Å². The maximum Gasteiger partial charge on any atom is 0.340 e. The summed E-state index contributed by atoms with van der Waals surface area (Å²) in [5.41, 5.74) is 1.44. The summed E-state index contributed by atoms with van der Waals surface area (Å²) in [7, 11) is 1.53. The minimum absolute atomic E-state index is 0.0708. The highest BCUT2D eigenvalue weighted by Gasteiger charge is 2.46. The van der Waals surface area contributed by atoms with Crippen LogP contribution in [0.4, 0.5) is 10.5 Å². The molecule has 2 heterocycles. The van der Waals surface area contributed by atoms with Crippen LogP contribution in [-0.4, -0.2) is 54.6 Å². The van der Waals surface area contributed by atoms with Gasteiger partial charge in [-0.25, -0.2) is 14.6 Å². The molecule has 4 rings (SSSR count). The van der Waals surface area contributed by atoms with E-state index in [1.54, 1.807) is 24.3 Å². The summed E-state index contributed by atoms with van der Waals surface area (Å²) in [5.74, 6) is -0.243. The van der Waals surface area contributed by atoms with E-state index in [2.05, 4.69) is 4.90 Å². The molecule has 8 heteroatoms. The van der Waals surface area contributed by atoms with Crippen molar-refractivity contribution < 1.29 is 23.9 Å². The third-order valence-electron chi connectivity index (χ3n) is 5.65. The number of amides is 4. The Balaban J connectivity index is 1.50. The van der Waals surface area contributed by atoms with Gasteiger partial charge in [0.05, 0.1) is 26.1 Å². The Kier molecular flexibility index (Phi) is 5.90. The molecule has 1 atom stereocenters. The standard InChI is InChI=1S/C23H25N3O5/c1-3-31-19-10-6-16(7-11-19)20-5-4-14-24(20)15-25-21(27)22(28)26(23(25)29)17-8-12-18(30-2)13-9-17/h6-13,20H,3-5,14-15H2,1-2H3/t20-/m0/s1. The van der Waals surface area contributed by atoms with Crippen molar-refractivity contribution in [1.82, 2.24) is 9.80 Å². The molecule has 0 spiro atoms. The number of anilines is 1. The minimum atomic E-state index is -0.841. The molecule has 8 nitrogen and oxygen atoms in total. The van der Waals surface area contributed by atoms with Gasteiger partial charge in [0, 0.05) is 12.6 Å². The van der Waals surface area contributed by atoms with E-state index in [0.29, 0.717) is 18.0 Å². The minimum Gasteiger partial charge on any atom is -0.497 e. The molecule has 2 fully saturated rings. The van der Waals surface area contributed by atoms with E-state index in [1.165, 1.54) is 7.11 Å². The monoisotopic (exact) mass is 423 g/mol. The lowest BCUT2D eigenvalue weighted by Gasteiger charge is -2.28. The highest BCUT2D eigenvalue weighted by Crippen LogP contribution is 2.34. The first kappa shape index (κ1) is 20.9. The Labute approximate surface area is 180 Å². The number of nitrogens with zero attached hydrogens (tertiary/aromatic N) is 3. The average molecular weight is 423 g/mol. The Bertz CT molecular complexity index is 974. The van der Waals surface area contributed by atoms with E-state index in [-0.39, 0.29) is 12.7 Å². The third-order valence-corrected chi connectivity index (χ3v) is 5.65. The molecule has 0 aliphatic carbocycles. The molecule has 31 heavy (non-hydrogen) atoms. The van der Waals surface area contributed by atoms with Crippen molar-refractivity contribution in [3.05, 3.63) is 54.1 Å². The molecule has 0 aromatic heterocycles. The smallest absolute Gasteiger partial charge is 0.340 e. The van der Waals surface area contributed by atoms with E-state index in [0.717, 1.165) is 40.5 Å². The molecule has 2 saturated heterocycles. The second-order valence-electron chi connectivity index (χ2n) is 7.47. The van der Waals surface area contributed by atoms with Crippen molar-refractivity contribution in [1.29, 1.82) is 0 Å². The number of ether oxygens (including phenoxy) is 2. The van der Waals surface area contributed by atoms with Crippen molar-refractivity contribution in [2.75, 3.05) is 31.8 Å². The molecule has 0 unspecified atom stereocenters. The summed E-state index contributed by atoms with van der Waals surface area (Å²) in [6.07, 6.45) is 1.87. The van der Waals surface area contributed by atoms with Crippen LogP contribution < -0.4 is 14.4 Å². The largest absolute Gasteiger partial charge is 0.497 e. The number of carbonyl (C=O) groups is 3. The SMILES string of the molecule is CCOc1ccc([C@@H]2CCCN2CN2C(=O)C(=O)N(c3ccc(OC)cc3)C2=O)cc1. The maximum atomic E-state index is 13.0. The van der Waals surface area contributed by atoms with E-state index in [9.17, 15) is 14.4 Å². The summed E-state index contributed by atoms with van der Waals surface area (Å²) in [4.78, 5) is 42.1. The zero-order valence-corrected chi connectivity index (χ0v) is 17.6. The predicted molar refractivity (Wildman–Crippen MR) is 114 cm³/mol. The Hall–Kier alpha value is -3.39. The number of hydrogen-bond acceptors (Lipinski definition) is 6. The zero-order chi connectivity index (χ0) is 22.0. The molecular formula is C23H25N3O5.